The summed E-state index contributed by atoms with van der Waals surface area (Å²) in [4.78, 5) is 2.46. The maximum Gasteiger partial charge on any atom is 0.391 e. The van der Waals surface area contributed by atoms with Gasteiger partial charge in [-0.1, -0.05) is 0 Å². The molecule has 2 rings (SSSR count). The zero-order valence-corrected chi connectivity index (χ0v) is 13.1. The van der Waals surface area contributed by atoms with E-state index in [-0.39, 0.29) is 18.9 Å². The van der Waals surface area contributed by atoms with Crippen LogP contribution in [0.15, 0.2) is 10.5 Å². The Morgan fingerprint density at radius 2 is 1.95 bits per heavy atom. The van der Waals surface area contributed by atoms with Gasteiger partial charge in [0.15, 0.2) is 0 Å². The maximum absolute atomic E-state index is 12.5. The van der Waals surface area contributed by atoms with Crippen molar-refractivity contribution in [1.29, 1.82) is 0 Å². The summed E-state index contributed by atoms with van der Waals surface area (Å²) < 4.78 is 38.7. The minimum Gasteiger partial charge on any atom is -0.309 e. The summed E-state index contributed by atoms with van der Waals surface area (Å²) in [7, 11) is 0. The van der Waals surface area contributed by atoms with Crippen molar-refractivity contribution in [3.8, 4) is 0 Å². The molecule has 1 saturated carbocycles. The summed E-state index contributed by atoms with van der Waals surface area (Å²) in [6, 6.07) is 2.30. The Bertz CT molecular complexity index is 403. The first-order valence-electron chi connectivity index (χ1n) is 6.41. The van der Waals surface area contributed by atoms with Gasteiger partial charge in [-0.15, -0.1) is 11.3 Å². The molecule has 1 aliphatic rings. The summed E-state index contributed by atoms with van der Waals surface area (Å²) in [5.41, 5.74) is 0. The first-order valence-corrected chi connectivity index (χ1v) is 8.02. The van der Waals surface area contributed by atoms with Crippen molar-refractivity contribution in [3.05, 3.63) is 20.3 Å². The molecule has 0 bridgehead atoms. The Hall–Kier alpha value is -0.0700. The van der Waals surface area contributed by atoms with E-state index in [9.17, 15) is 13.2 Å². The molecule has 0 unspecified atom stereocenters. The lowest BCUT2D eigenvalue weighted by Crippen LogP contribution is -2.36. The van der Waals surface area contributed by atoms with Gasteiger partial charge in [0, 0.05) is 26.8 Å². The second-order valence-electron chi connectivity index (χ2n) is 5.09. The monoisotopic (exact) mass is 355 g/mol. The van der Waals surface area contributed by atoms with Gasteiger partial charge in [0.25, 0.3) is 0 Å². The molecular formula is C13H17BrF3NS. The lowest BCUT2D eigenvalue weighted by molar-refractivity contribution is -0.182. The molecule has 1 aromatic heterocycles. The van der Waals surface area contributed by atoms with Crippen LogP contribution in [0.5, 0.6) is 0 Å². The smallest absolute Gasteiger partial charge is 0.309 e. The predicted octanol–water partition coefficient (Wildman–Crippen LogP) is 5.03. The van der Waals surface area contributed by atoms with E-state index in [1.165, 1.54) is 9.75 Å². The fourth-order valence-electron chi connectivity index (χ4n) is 2.47. The van der Waals surface area contributed by atoms with Crippen molar-refractivity contribution in [2.75, 3.05) is 0 Å². The molecule has 0 atom stereocenters. The molecule has 0 aromatic carbocycles. The summed E-state index contributed by atoms with van der Waals surface area (Å²) >= 11 is 5.19. The third-order valence-electron chi connectivity index (χ3n) is 3.66. The van der Waals surface area contributed by atoms with Crippen LogP contribution in [0, 0.1) is 12.8 Å². The van der Waals surface area contributed by atoms with Gasteiger partial charge < -0.3 is 5.32 Å². The van der Waals surface area contributed by atoms with Gasteiger partial charge >= 0.3 is 6.18 Å². The highest BCUT2D eigenvalue weighted by Gasteiger charge is 2.41. The molecule has 108 valence electrons. The molecule has 1 N–H and O–H groups in total. The van der Waals surface area contributed by atoms with E-state index in [1.807, 2.05) is 6.92 Å². The molecule has 1 heterocycles. The van der Waals surface area contributed by atoms with Crippen LogP contribution in [0.1, 0.15) is 35.4 Å². The van der Waals surface area contributed by atoms with Crippen LogP contribution in [0.3, 0.4) is 0 Å². The number of hydrogen-bond donors (Lipinski definition) is 1. The first-order chi connectivity index (χ1) is 8.86. The number of nitrogens with one attached hydrogen (secondary N) is 1. The van der Waals surface area contributed by atoms with Gasteiger partial charge in [0.2, 0.25) is 0 Å². The third-order valence-corrected chi connectivity index (χ3v) is 5.80. The number of aryl methyl sites for hydroxylation is 1. The van der Waals surface area contributed by atoms with Crippen molar-refractivity contribution >= 4 is 27.3 Å². The fourth-order valence-corrected chi connectivity index (χ4v) is 4.03. The van der Waals surface area contributed by atoms with Gasteiger partial charge in [-0.25, -0.2) is 0 Å². The molecule has 19 heavy (non-hydrogen) atoms. The number of thiophene rings is 1. The standard InChI is InChI=1S/C13H17BrF3NS/c1-8-12(14)6-11(19-8)7-18-10-4-2-9(3-5-10)13(15,16)17/h6,9-10,18H,2-5,7H2,1H3. The molecule has 0 spiro atoms. The highest BCUT2D eigenvalue weighted by Crippen LogP contribution is 2.37. The van der Waals surface area contributed by atoms with E-state index in [0.717, 1.165) is 11.0 Å². The fraction of sp³-hybridized carbons (Fsp3) is 0.692. The third kappa shape index (κ3) is 4.20. The van der Waals surface area contributed by atoms with Crippen LogP contribution in [0.4, 0.5) is 13.2 Å². The van der Waals surface area contributed by atoms with Gasteiger partial charge in [-0.3, -0.25) is 0 Å². The van der Waals surface area contributed by atoms with Crippen LogP contribution >= 0.6 is 27.3 Å². The number of hydrogen-bond acceptors (Lipinski definition) is 2. The second-order valence-corrected chi connectivity index (χ2v) is 7.28. The first kappa shape index (κ1) is 15.3. The molecule has 6 heteroatoms. The van der Waals surface area contributed by atoms with E-state index in [0.29, 0.717) is 12.8 Å². The maximum atomic E-state index is 12.5. The van der Waals surface area contributed by atoms with E-state index >= 15 is 0 Å². The highest BCUT2D eigenvalue weighted by molar-refractivity contribution is 9.10. The van der Waals surface area contributed by atoms with Crippen molar-refractivity contribution in [2.24, 2.45) is 5.92 Å². The van der Waals surface area contributed by atoms with Crippen LogP contribution in [-0.4, -0.2) is 12.2 Å². The second kappa shape index (κ2) is 6.14. The summed E-state index contributed by atoms with van der Waals surface area (Å²) in [6.07, 6.45) is -2.26. The van der Waals surface area contributed by atoms with Crippen LogP contribution < -0.4 is 5.32 Å². The zero-order valence-electron chi connectivity index (χ0n) is 10.7. The largest absolute Gasteiger partial charge is 0.391 e. The average molecular weight is 356 g/mol. The number of alkyl halides is 3. The Balaban J connectivity index is 1.77. The van der Waals surface area contributed by atoms with E-state index in [2.05, 4.69) is 27.3 Å². The Morgan fingerprint density at radius 1 is 1.32 bits per heavy atom. The zero-order chi connectivity index (χ0) is 14.0. The van der Waals surface area contributed by atoms with Crippen molar-refractivity contribution in [1.82, 2.24) is 5.32 Å². The minimum absolute atomic E-state index is 0.222. The molecule has 1 nitrogen and oxygen atoms in total. The molecule has 0 amide bonds. The lowest BCUT2D eigenvalue weighted by Gasteiger charge is -2.30. The van der Waals surface area contributed by atoms with Crippen LogP contribution in [-0.2, 0) is 6.54 Å². The molecule has 1 aliphatic carbocycles. The Labute approximate surface area is 123 Å². The van der Waals surface area contributed by atoms with E-state index in [4.69, 9.17) is 0 Å². The number of rotatable bonds is 3. The lowest BCUT2D eigenvalue weighted by atomic mass is 9.85. The molecular weight excluding hydrogens is 339 g/mol. The average Bonchev–Trinajstić information content (AvgIpc) is 2.66. The van der Waals surface area contributed by atoms with E-state index in [1.54, 1.807) is 11.3 Å². The van der Waals surface area contributed by atoms with Crippen LogP contribution in [0.25, 0.3) is 0 Å². The summed E-state index contributed by atoms with van der Waals surface area (Å²) in [5, 5.41) is 3.37. The van der Waals surface area contributed by atoms with Gasteiger partial charge in [-0.2, -0.15) is 13.2 Å². The Kier molecular flexibility index (Phi) is 4.95. The molecule has 0 aliphatic heterocycles. The summed E-state index contributed by atoms with van der Waals surface area (Å²) in [6.45, 7) is 2.80. The highest BCUT2D eigenvalue weighted by atomic mass is 79.9. The normalized spacial score (nSPS) is 24.7. The van der Waals surface area contributed by atoms with Crippen molar-refractivity contribution < 1.29 is 13.2 Å². The SMILES string of the molecule is Cc1sc(CNC2CCC(C(F)(F)F)CC2)cc1Br. The van der Waals surface area contributed by atoms with Gasteiger partial charge in [-0.05, 0) is 54.6 Å². The van der Waals surface area contributed by atoms with Crippen molar-refractivity contribution in [3.63, 3.8) is 0 Å². The molecule has 0 saturated heterocycles. The summed E-state index contributed by atoms with van der Waals surface area (Å²) in [5.74, 6) is -1.09. The van der Waals surface area contributed by atoms with Gasteiger partial charge in [0.1, 0.15) is 0 Å². The number of halogens is 4. The van der Waals surface area contributed by atoms with Crippen LogP contribution in [0.2, 0.25) is 0 Å². The Morgan fingerprint density at radius 3 is 2.42 bits per heavy atom. The quantitative estimate of drug-likeness (QED) is 0.801. The molecule has 0 radical (unpaired) electrons. The molecule has 1 aromatic rings. The topological polar surface area (TPSA) is 12.0 Å². The minimum atomic E-state index is -4.01. The van der Waals surface area contributed by atoms with Gasteiger partial charge in [0.05, 0.1) is 5.92 Å². The molecule has 1 fully saturated rings. The van der Waals surface area contributed by atoms with Crippen molar-refractivity contribution in [2.45, 2.75) is 51.4 Å². The van der Waals surface area contributed by atoms with E-state index < -0.39 is 12.1 Å². The predicted molar refractivity (Wildman–Crippen MR) is 75.4 cm³/mol.